The molecule has 1 N–H and O–H groups in total. The van der Waals surface area contributed by atoms with E-state index < -0.39 is 12.2 Å². The number of nitrogens with zero attached hydrogens (tertiary/aromatic N) is 1. The van der Waals surface area contributed by atoms with E-state index in [9.17, 15) is 14.0 Å². The molecular weight excluding hydrogens is 247 g/mol. The molecule has 102 valence electrons. The van der Waals surface area contributed by atoms with Gasteiger partial charge in [0.05, 0.1) is 17.9 Å². The van der Waals surface area contributed by atoms with Gasteiger partial charge in [-0.15, -0.1) is 0 Å². The highest BCUT2D eigenvalue weighted by atomic mass is 19.1. The third-order valence-corrected chi connectivity index (χ3v) is 3.16. The van der Waals surface area contributed by atoms with Gasteiger partial charge in [-0.05, 0) is 32.4 Å². The van der Waals surface area contributed by atoms with E-state index in [1.165, 1.54) is 4.90 Å². The van der Waals surface area contributed by atoms with E-state index in [-0.39, 0.29) is 24.8 Å². The van der Waals surface area contributed by atoms with E-state index in [0.717, 1.165) is 0 Å². The number of alkyl halides is 1. The second-order valence-electron chi connectivity index (χ2n) is 5.10. The summed E-state index contributed by atoms with van der Waals surface area (Å²) >= 11 is 0. The van der Waals surface area contributed by atoms with Crippen LogP contribution in [0.4, 0.5) is 10.1 Å². The first-order valence-electron chi connectivity index (χ1n) is 6.27. The minimum atomic E-state index is -0.994. The highest BCUT2D eigenvalue weighted by Gasteiger charge is 2.38. The van der Waals surface area contributed by atoms with Crippen LogP contribution in [0, 0.1) is 0 Å². The van der Waals surface area contributed by atoms with Gasteiger partial charge in [0.25, 0.3) is 11.8 Å². The van der Waals surface area contributed by atoms with E-state index in [4.69, 9.17) is 0 Å². The number of amides is 2. The van der Waals surface area contributed by atoms with Crippen molar-refractivity contribution in [1.29, 1.82) is 0 Å². The van der Waals surface area contributed by atoms with Crippen LogP contribution in [0.15, 0.2) is 24.3 Å². The number of benzene rings is 1. The van der Waals surface area contributed by atoms with Gasteiger partial charge in [0.15, 0.2) is 0 Å². The zero-order chi connectivity index (χ0) is 14.0. The Bertz CT molecular complexity index is 514. The highest BCUT2D eigenvalue weighted by Crippen LogP contribution is 2.27. The van der Waals surface area contributed by atoms with Crippen LogP contribution in [0.1, 0.15) is 30.6 Å². The van der Waals surface area contributed by atoms with Crippen molar-refractivity contribution in [1.82, 2.24) is 5.32 Å². The van der Waals surface area contributed by atoms with Gasteiger partial charge in [0, 0.05) is 6.54 Å². The summed E-state index contributed by atoms with van der Waals surface area (Å²) in [5.41, 5.74) is -0.00353. The number of carbonyl (C=O) groups excluding carboxylic acids is 2. The van der Waals surface area contributed by atoms with Crippen molar-refractivity contribution < 1.29 is 14.0 Å². The first-order valence-corrected chi connectivity index (χ1v) is 6.27. The van der Waals surface area contributed by atoms with Crippen LogP contribution >= 0.6 is 0 Å². The van der Waals surface area contributed by atoms with Crippen LogP contribution in [-0.2, 0) is 4.79 Å². The zero-order valence-corrected chi connectivity index (χ0v) is 11.1. The number of fused-ring (bicyclic) bond motifs is 1. The molecule has 0 aromatic heterocycles. The molecule has 1 aromatic carbocycles. The molecule has 0 fully saturated rings. The fourth-order valence-corrected chi connectivity index (χ4v) is 2.19. The first-order chi connectivity index (χ1) is 8.97. The van der Waals surface area contributed by atoms with Crippen molar-refractivity contribution in [2.45, 2.75) is 25.8 Å². The Morgan fingerprint density at radius 1 is 1.26 bits per heavy atom. The Balaban J connectivity index is 2.50. The fraction of sp³-hybridized carbons (Fsp3) is 0.429. The largest absolute Gasteiger partial charge is 0.338 e. The van der Waals surface area contributed by atoms with Gasteiger partial charge in [-0.2, -0.15) is 0 Å². The Morgan fingerprint density at radius 2 is 1.95 bits per heavy atom. The normalized spacial score (nSPS) is 17.7. The predicted molar refractivity (Wildman–Crippen MR) is 70.9 cm³/mol. The molecule has 0 spiro atoms. The summed E-state index contributed by atoms with van der Waals surface area (Å²) in [6.45, 7) is 3.08. The molecule has 19 heavy (non-hydrogen) atoms. The van der Waals surface area contributed by atoms with Crippen molar-refractivity contribution in [2.24, 2.45) is 0 Å². The molecular formula is C14H17FN2O2. The SMILES string of the molecule is CC1(C)NC(=O)c2ccccc2N(CCCF)C1=O. The Labute approximate surface area is 111 Å². The van der Waals surface area contributed by atoms with Crippen LogP contribution in [0.5, 0.6) is 0 Å². The lowest BCUT2D eigenvalue weighted by Gasteiger charge is -2.29. The Hall–Kier alpha value is -1.91. The van der Waals surface area contributed by atoms with Crippen LogP contribution in [-0.4, -0.2) is 30.6 Å². The lowest BCUT2D eigenvalue weighted by molar-refractivity contribution is -0.123. The second kappa shape index (κ2) is 4.99. The van der Waals surface area contributed by atoms with Gasteiger partial charge >= 0.3 is 0 Å². The van der Waals surface area contributed by atoms with Crippen molar-refractivity contribution in [3.63, 3.8) is 0 Å². The molecule has 1 aromatic rings. The molecule has 0 bridgehead atoms. The maximum Gasteiger partial charge on any atom is 0.254 e. The molecule has 0 saturated heterocycles. The van der Waals surface area contributed by atoms with E-state index in [0.29, 0.717) is 11.3 Å². The summed E-state index contributed by atoms with van der Waals surface area (Å²) in [7, 11) is 0. The first kappa shape index (κ1) is 13.5. The average molecular weight is 264 g/mol. The minimum absolute atomic E-state index is 0.223. The topological polar surface area (TPSA) is 49.4 Å². The third-order valence-electron chi connectivity index (χ3n) is 3.16. The zero-order valence-electron chi connectivity index (χ0n) is 11.1. The lowest BCUT2D eigenvalue weighted by Crippen LogP contribution is -2.54. The molecule has 0 unspecified atom stereocenters. The standard InChI is InChI=1S/C14H17FN2O2/c1-14(2)13(19)17(9-5-8-15)11-7-4-3-6-10(11)12(18)16-14/h3-4,6-7H,5,8-9H2,1-2H3,(H,16,18). The maximum atomic E-state index is 12.5. The highest BCUT2D eigenvalue weighted by molar-refractivity contribution is 6.12. The van der Waals surface area contributed by atoms with Crippen molar-refractivity contribution in [2.75, 3.05) is 18.1 Å². The summed E-state index contributed by atoms with van der Waals surface area (Å²) in [4.78, 5) is 26.1. The van der Waals surface area contributed by atoms with E-state index in [1.54, 1.807) is 38.1 Å². The van der Waals surface area contributed by atoms with E-state index >= 15 is 0 Å². The number of nitrogens with one attached hydrogen (secondary N) is 1. The molecule has 2 amide bonds. The number of hydrogen-bond donors (Lipinski definition) is 1. The number of para-hydroxylation sites is 1. The molecule has 0 aliphatic carbocycles. The Morgan fingerprint density at radius 3 is 2.63 bits per heavy atom. The van der Waals surface area contributed by atoms with E-state index in [1.807, 2.05) is 0 Å². The molecule has 1 aliphatic heterocycles. The molecule has 0 atom stereocenters. The van der Waals surface area contributed by atoms with Crippen molar-refractivity contribution >= 4 is 17.5 Å². The van der Waals surface area contributed by atoms with Gasteiger partial charge in [-0.25, -0.2) is 0 Å². The molecule has 0 radical (unpaired) electrons. The number of hydrogen-bond acceptors (Lipinski definition) is 2. The molecule has 1 aliphatic rings. The van der Waals surface area contributed by atoms with Crippen LogP contribution < -0.4 is 10.2 Å². The lowest BCUT2D eigenvalue weighted by atomic mass is 10.0. The summed E-state index contributed by atoms with van der Waals surface area (Å²) in [5, 5.41) is 2.71. The van der Waals surface area contributed by atoms with Gasteiger partial charge in [0.1, 0.15) is 5.54 Å². The third kappa shape index (κ3) is 2.45. The fourth-order valence-electron chi connectivity index (χ4n) is 2.19. The molecule has 2 rings (SSSR count). The smallest absolute Gasteiger partial charge is 0.254 e. The predicted octanol–water partition coefficient (Wildman–Crippen LogP) is 1.90. The summed E-state index contributed by atoms with van der Waals surface area (Å²) in [6, 6.07) is 6.89. The van der Waals surface area contributed by atoms with Crippen LogP contribution in [0.3, 0.4) is 0 Å². The number of rotatable bonds is 3. The molecule has 4 nitrogen and oxygen atoms in total. The van der Waals surface area contributed by atoms with Crippen LogP contribution in [0.2, 0.25) is 0 Å². The molecule has 5 heteroatoms. The quantitative estimate of drug-likeness (QED) is 0.906. The monoisotopic (exact) mass is 264 g/mol. The van der Waals surface area contributed by atoms with Gasteiger partial charge < -0.3 is 10.2 Å². The average Bonchev–Trinajstić information content (AvgIpc) is 2.44. The number of anilines is 1. The summed E-state index contributed by atoms with van der Waals surface area (Å²) in [6.07, 6.45) is 0.254. The van der Waals surface area contributed by atoms with Crippen molar-refractivity contribution in [3.8, 4) is 0 Å². The molecule has 0 saturated carbocycles. The maximum absolute atomic E-state index is 12.5. The van der Waals surface area contributed by atoms with Gasteiger partial charge in [-0.3, -0.25) is 14.0 Å². The van der Waals surface area contributed by atoms with Gasteiger partial charge in [0.2, 0.25) is 0 Å². The molecule has 1 heterocycles. The summed E-state index contributed by atoms with van der Waals surface area (Å²) in [5.74, 6) is -0.504. The van der Waals surface area contributed by atoms with Crippen molar-refractivity contribution in [3.05, 3.63) is 29.8 Å². The van der Waals surface area contributed by atoms with Gasteiger partial charge in [-0.1, -0.05) is 12.1 Å². The van der Waals surface area contributed by atoms with Crippen LogP contribution in [0.25, 0.3) is 0 Å². The number of carbonyl (C=O) groups is 2. The minimum Gasteiger partial charge on any atom is -0.338 e. The number of halogens is 1. The van der Waals surface area contributed by atoms with E-state index in [2.05, 4.69) is 5.32 Å². The Kier molecular flexibility index (Phi) is 3.55. The second-order valence-corrected chi connectivity index (χ2v) is 5.10. The summed E-state index contributed by atoms with van der Waals surface area (Å²) < 4.78 is 12.4.